The van der Waals surface area contributed by atoms with Gasteiger partial charge in [0.1, 0.15) is 7.28 Å². The van der Waals surface area contributed by atoms with Gasteiger partial charge in [-0.15, -0.1) is 0 Å². The van der Waals surface area contributed by atoms with Crippen LogP contribution >= 0.6 is 12.2 Å². The number of piperidine rings is 1. The molecule has 3 heterocycles. The van der Waals surface area contributed by atoms with E-state index in [0.29, 0.717) is 11.4 Å². The molecule has 0 aromatic carbocycles. The quantitative estimate of drug-likeness (QED) is 0.541. The van der Waals surface area contributed by atoms with Crippen molar-refractivity contribution in [3.8, 4) is 0 Å². The van der Waals surface area contributed by atoms with Crippen molar-refractivity contribution in [3.05, 3.63) is 0 Å². The lowest BCUT2D eigenvalue weighted by Gasteiger charge is -2.58. The SMILES string of the molecule is CCC12[B]C(C1)C1CCC(=S)N(C(C)C)C1CCC2. The van der Waals surface area contributed by atoms with Crippen LogP contribution in [-0.4, -0.2) is 29.3 Å². The van der Waals surface area contributed by atoms with Crippen molar-refractivity contribution in [2.24, 2.45) is 5.92 Å². The molecule has 3 heteroatoms. The van der Waals surface area contributed by atoms with Crippen LogP contribution < -0.4 is 0 Å². The van der Waals surface area contributed by atoms with E-state index in [0.717, 1.165) is 24.2 Å². The fourth-order valence-corrected chi connectivity index (χ4v) is 5.44. The third kappa shape index (κ3) is 2.26. The van der Waals surface area contributed by atoms with Crippen molar-refractivity contribution in [1.82, 2.24) is 4.90 Å². The Morgan fingerprint density at radius 1 is 1.42 bits per heavy atom. The number of fused-ring (bicyclic) bond motifs is 2. The molecule has 1 nitrogen and oxygen atoms in total. The number of nitrogens with zero attached hydrogens (tertiary/aromatic N) is 1. The molecule has 0 amide bonds. The van der Waals surface area contributed by atoms with E-state index in [1.165, 1.54) is 43.5 Å². The molecule has 4 atom stereocenters. The van der Waals surface area contributed by atoms with E-state index in [1.807, 2.05) is 0 Å². The number of thiocarbonyl (C=S) groups is 1. The minimum atomic E-state index is 0.579. The summed E-state index contributed by atoms with van der Waals surface area (Å²) in [7, 11) is 2.73. The monoisotopic (exact) mass is 276 g/mol. The molecule has 4 aliphatic rings. The molecule has 0 N–H and O–H groups in total. The molecule has 0 aromatic rings. The van der Waals surface area contributed by atoms with Crippen LogP contribution in [0.3, 0.4) is 0 Å². The summed E-state index contributed by atoms with van der Waals surface area (Å²) in [4.78, 5) is 3.83. The molecule has 0 spiro atoms. The highest BCUT2D eigenvalue weighted by Crippen LogP contribution is 2.61. The highest BCUT2D eigenvalue weighted by Gasteiger charge is 2.51. The first-order chi connectivity index (χ1) is 9.06. The van der Waals surface area contributed by atoms with Crippen LogP contribution in [0.25, 0.3) is 0 Å². The summed E-state index contributed by atoms with van der Waals surface area (Å²) < 4.78 is 0. The van der Waals surface area contributed by atoms with Crippen molar-refractivity contribution >= 4 is 24.5 Å². The number of hydrogen-bond acceptors (Lipinski definition) is 1. The number of hydrogen-bond donors (Lipinski definition) is 0. The fourth-order valence-electron chi connectivity index (χ4n) is 4.98. The molecule has 3 saturated heterocycles. The summed E-state index contributed by atoms with van der Waals surface area (Å²) in [5, 5.41) is 0.621. The van der Waals surface area contributed by atoms with Crippen molar-refractivity contribution < 1.29 is 0 Å². The predicted molar refractivity (Wildman–Crippen MR) is 87.0 cm³/mol. The van der Waals surface area contributed by atoms with E-state index >= 15 is 0 Å². The molecule has 4 rings (SSSR count). The van der Waals surface area contributed by atoms with Crippen LogP contribution in [0.4, 0.5) is 0 Å². The average molecular weight is 276 g/mol. The number of likely N-dealkylation sites (tertiary alicyclic amines) is 1. The maximum atomic E-state index is 5.66. The first kappa shape index (κ1) is 13.9. The Morgan fingerprint density at radius 2 is 2.16 bits per heavy atom. The van der Waals surface area contributed by atoms with Gasteiger partial charge in [-0.2, -0.15) is 0 Å². The van der Waals surface area contributed by atoms with Crippen molar-refractivity contribution in [2.75, 3.05) is 0 Å². The first-order valence-electron chi connectivity index (χ1n) is 8.23. The molecule has 4 fully saturated rings. The van der Waals surface area contributed by atoms with Crippen LogP contribution in [0.15, 0.2) is 0 Å². The van der Waals surface area contributed by atoms with Crippen molar-refractivity contribution in [1.29, 1.82) is 0 Å². The largest absolute Gasteiger partial charge is 0.360 e. The molecule has 19 heavy (non-hydrogen) atoms. The summed E-state index contributed by atoms with van der Waals surface area (Å²) in [6.07, 6.45) is 9.49. The van der Waals surface area contributed by atoms with Gasteiger partial charge in [0.05, 0.1) is 4.99 Å². The minimum absolute atomic E-state index is 0.579. The predicted octanol–water partition coefficient (Wildman–Crippen LogP) is 4.45. The van der Waals surface area contributed by atoms with Gasteiger partial charge in [-0.1, -0.05) is 56.0 Å². The van der Waals surface area contributed by atoms with Crippen LogP contribution in [0.1, 0.15) is 65.7 Å². The standard InChI is InChI=1S/C16H27BNS/c1-4-16-9-5-6-14-12(13(10-16)17-16)7-8-15(19)18(14)11(2)3/h11-14H,4-10H2,1-3H3. The van der Waals surface area contributed by atoms with Gasteiger partial charge in [-0.25, -0.2) is 0 Å². The summed E-state index contributed by atoms with van der Waals surface area (Å²) in [5.41, 5.74) is 0. The van der Waals surface area contributed by atoms with Gasteiger partial charge < -0.3 is 4.90 Å². The lowest BCUT2D eigenvalue weighted by molar-refractivity contribution is 0.111. The molecule has 105 valence electrons. The zero-order valence-electron chi connectivity index (χ0n) is 12.7. The second-order valence-corrected chi connectivity index (χ2v) is 7.78. The van der Waals surface area contributed by atoms with Gasteiger partial charge in [-0.05, 0) is 39.0 Å². The lowest BCUT2D eigenvalue weighted by Crippen LogP contribution is -2.56. The van der Waals surface area contributed by atoms with E-state index in [9.17, 15) is 0 Å². The minimum Gasteiger partial charge on any atom is -0.360 e. The van der Waals surface area contributed by atoms with Gasteiger partial charge in [-0.3, -0.25) is 0 Å². The third-order valence-corrected chi connectivity index (χ3v) is 6.44. The second kappa shape index (κ2) is 5.05. The van der Waals surface area contributed by atoms with Crippen LogP contribution in [0.2, 0.25) is 11.1 Å². The average Bonchev–Trinajstić information content (AvgIpc) is 2.29. The van der Waals surface area contributed by atoms with Crippen LogP contribution in [0, 0.1) is 5.92 Å². The Labute approximate surface area is 124 Å². The zero-order valence-corrected chi connectivity index (χ0v) is 13.5. The first-order valence-corrected chi connectivity index (χ1v) is 8.64. The molecule has 2 bridgehead atoms. The Kier molecular flexibility index (Phi) is 3.70. The topological polar surface area (TPSA) is 3.24 Å². The fraction of sp³-hybridized carbons (Fsp3) is 0.938. The maximum Gasteiger partial charge on any atom is 0.122 e. The van der Waals surface area contributed by atoms with Gasteiger partial charge >= 0.3 is 0 Å². The smallest absolute Gasteiger partial charge is 0.122 e. The van der Waals surface area contributed by atoms with E-state index in [4.69, 9.17) is 12.2 Å². The molecule has 3 aliphatic heterocycles. The Hall–Kier alpha value is -0.0451. The molecule has 1 radical (unpaired) electrons. The normalized spacial score (nSPS) is 42.0. The molecular weight excluding hydrogens is 249 g/mol. The van der Waals surface area contributed by atoms with E-state index in [2.05, 4.69) is 33.0 Å². The second-order valence-electron chi connectivity index (χ2n) is 7.31. The van der Waals surface area contributed by atoms with E-state index in [1.54, 1.807) is 0 Å². The molecule has 1 saturated carbocycles. The molecule has 1 aliphatic carbocycles. The number of rotatable bonds is 2. The Balaban J connectivity index is 1.80. The van der Waals surface area contributed by atoms with Gasteiger partial charge in [0.15, 0.2) is 0 Å². The van der Waals surface area contributed by atoms with Gasteiger partial charge in [0.2, 0.25) is 0 Å². The Bertz CT molecular complexity index is 362. The van der Waals surface area contributed by atoms with E-state index in [-0.39, 0.29) is 0 Å². The van der Waals surface area contributed by atoms with Gasteiger partial charge in [0.25, 0.3) is 0 Å². The van der Waals surface area contributed by atoms with Crippen LogP contribution in [0.5, 0.6) is 0 Å². The summed E-state index contributed by atoms with van der Waals surface area (Å²) >= 11 is 5.66. The van der Waals surface area contributed by atoms with Crippen molar-refractivity contribution in [3.63, 3.8) is 0 Å². The summed E-state index contributed by atoms with van der Waals surface area (Å²) in [6.45, 7) is 7.00. The molecule has 0 aromatic heterocycles. The Morgan fingerprint density at radius 3 is 2.79 bits per heavy atom. The highest BCUT2D eigenvalue weighted by molar-refractivity contribution is 7.80. The third-order valence-electron chi connectivity index (χ3n) is 6.03. The molecular formula is C16H27BNS. The summed E-state index contributed by atoms with van der Waals surface area (Å²) in [5.74, 6) is 1.77. The van der Waals surface area contributed by atoms with Gasteiger partial charge in [0, 0.05) is 12.1 Å². The highest BCUT2D eigenvalue weighted by atomic mass is 32.1. The maximum absolute atomic E-state index is 5.66. The van der Waals surface area contributed by atoms with Crippen LogP contribution in [-0.2, 0) is 0 Å². The van der Waals surface area contributed by atoms with E-state index < -0.39 is 0 Å². The molecule has 4 unspecified atom stereocenters. The lowest BCUT2D eigenvalue weighted by atomic mass is 9.26. The van der Waals surface area contributed by atoms with Crippen molar-refractivity contribution in [2.45, 2.75) is 88.9 Å². The zero-order chi connectivity index (χ0) is 13.6. The summed E-state index contributed by atoms with van der Waals surface area (Å²) in [6, 6.07) is 1.31.